The van der Waals surface area contributed by atoms with Gasteiger partial charge in [0.1, 0.15) is 0 Å². The number of imide groups is 1. The van der Waals surface area contributed by atoms with Crippen molar-refractivity contribution in [2.75, 3.05) is 12.3 Å². The molecule has 102 valence electrons. The smallest absolute Gasteiger partial charge is 0.318 e. The molecule has 2 rings (SSSR count). The number of urea groups is 1. The van der Waals surface area contributed by atoms with E-state index in [-0.39, 0.29) is 12.5 Å². The summed E-state index contributed by atoms with van der Waals surface area (Å²) in [7, 11) is 0. The van der Waals surface area contributed by atoms with E-state index in [0.717, 1.165) is 18.4 Å². The SMILES string of the molecule is NC(=O)NC(=O)CN(Cc1ccccc1N)C1CC1. The van der Waals surface area contributed by atoms with Gasteiger partial charge in [0.2, 0.25) is 5.91 Å². The predicted octanol–water partition coefficient (Wildman–Crippen LogP) is 0.428. The molecular weight excluding hydrogens is 244 g/mol. The van der Waals surface area contributed by atoms with Crippen LogP contribution in [0.3, 0.4) is 0 Å². The van der Waals surface area contributed by atoms with Crippen LogP contribution in [-0.4, -0.2) is 29.4 Å². The predicted molar refractivity (Wildman–Crippen MR) is 72.0 cm³/mol. The number of nitrogens with one attached hydrogen (secondary N) is 1. The molecule has 0 aliphatic heterocycles. The molecular formula is C13H18N4O2. The molecule has 1 fully saturated rings. The Labute approximate surface area is 111 Å². The molecule has 0 saturated heterocycles. The topological polar surface area (TPSA) is 101 Å². The summed E-state index contributed by atoms with van der Waals surface area (Å²) in [6, 6.07) is 7.14. The maximum absolute atomic E-state index is 11.6. The number of carbonyl (C=O) groups excluding carboxylic acids is 2. The summed E-state index contributed by atoms with van der Waals surface area (Å²) in [5.74, 6) is -0.381. The van der Waals surface area contributed by atoms with Gasteiger partial charge >= 0.3 is 6.03 Å². The van der Waals surface area contributed by atoms with Crippen LogP contribution in [0.5, 0.6) is 0 Å². The highest BCUT2D eigenvalue weighted by molar-refractivity contribution is 5.94. The Hall–Kier alpha value is -2.08. The van der Waals surface area contributed by atoms with Crippen LogP contribution in [0, 0.1) is 0 Å². The Balaban J connectivity index is 1.99. The number of rotatable bonds is 5. The van der Waals surface area contributed by atoms with Crippen LogP contribution < -0.4 is 16.8 Å². The van der Waals surface area contributed by atoms with Crippen molar-refractivity contribution in [1.29, 1.82) is 0 Å². The Kier molecular flexibility index (Phi) is 4.01. The summed E-state index contributed by atoms with van der Waals surface area (Å²) in [6.07, 6.45) is 2.13. The largest absolute Gasteiger partial charge is 0.398 e. The van der Waals surface area contributed by atoms with E-state index in [9.17, 15) is 9.59 Å². The monoisotopic (exact) mass is 262 g/mol. The average Bonchev–Trinajstić information content (AvgIpc) is 3.14. The number of nitrogens with two attached hydrogens (primary N) is 2. The van der Waals surface area contributed by atoms with Crippen molar-refractivity contribution >= 4 is 17.6 Å². The van der Waals surface area contributed by atoms with Gasteiger partial charge < -0.3 is 11.5 Å². The van der Waals surface area contributed by atoms with Crippen molar-refractivity contribution < 1.29 is 9.59 Å². The normalized spacial score (nSPS) is 14.4. The minimum Gasteiger partial charge on any atom is -0.398 e. The number of carbonyl (C=O) groups is 2. The summed E-state index contributed by atoms with van der Waals surface area (Å²) in [4.78, 5) is 24.2. The van der Waals surface area contributed by atoms with Gasteiger partial charge in [0.25, 0.3) is 0 Å². The van der Waals surface area contributed by atoms with Gasteiger partial charge in [-0.2, -0.15) is 0 Å². The molecule has 6 heteroatoms. The molecule has 0 unspecified atom stereocenters. The summed E-state index contributed by atoms with van der Waals surface area (Å²) in [6.45, 7) is 0.755. The zero-order valence-electron chi connectivity index (χ0n) is 10.6. The molecule has 3 amide bonds. The van der Waals surface area contributed by atoms with Gasteiger partial charge in [-0.05, 0) is 24.5 Å². The number of nitrogen functional groups attached to an aromatic ring is 1. The Morgan fingerprint density at radius 2 is 2.00 bits per heavy atom. The van der Waals surface area contributed by atoms with Crippen molar-refractivity contribution in [1.82, 2.24) is 10.2 Å². The van der Waals surface area contributed by atoms with E-state index in [1.54, 1.807) is 0 Å². The van der Waals surface area contributed by atoms with E-state index in [0.29, 0.717) is 18.3 Å². The quantitative estimate of drug-likeness (QED) is 0.670. The fourth-order valence-electron chi connectivity index (χ4n) is 2.01. The zero-order valence-corrected chi connectivity index (χ0v) is 10.6. The molecule has 0 aromatic heterocycles. The fourth-order valence-corrected chi connectivity index (χ4v) is 2.01. The number of amides is 3. The molecule has 1 aliphatic rings. The number of nitrogens with zero attached hydrogens (tertiary/aromatic N) is 1. The number of hydrogen-bond donors (Lipinski definition) is 3. The van der Waals surface area contributed by atoms with Gasteiger partial charge in [-0.25, -0.2) is 4.79 Å². The minimum atomic E-state index is -0.819. The van der Waals surface area contributed by atoms with E-state index < -0.39 is 6.03 Å². The Morgan fingerprint density at radius 1 is 1.32 bits per heavy atom. The molecule has 0 radical (unpaired) electrons. The van der Waals surface area contributed by atoms with Crippen molar-refractivity contribution in [3.63, 3.8) is 0 Å². The van der Waals surface area contributed by atoms with Crippen LogP contribution >= 0.6 is 0 Å². The highest BCUT2D eigenvalue weighted by Gasteiger charge is 2.30. The number of benzene rings is 1. The zero-order chi connectivity index (χ0) is 13.8. The first-order valence-corrected chi connectivity index (χ1v) is 6.23. The molecule has 1 aliphatic carbocycles. The molecule has 5 N–H and O–H groups in total. The number of anilines is 1. The van der Waals surface area contributed by atoms with Crippen LogP contribution in [0.4, 0.5) is 10.5 Å². The maximum atomic E-state index is 11.6. The highest BCUT2D eigenvalue weighted by atomic mass is 16.2. The first-order chi connectivity index (χ1) is 9.06. The van der Waals surface area contributed by atoms with E-state index in [1.807, 2.05) is 29.2 Å². The Bertz CT molecular complexity index is 485. The molecule has 0 atom stereocenters. The van der Waals surface area contributed by atoms with Gasteiger partial charge in [0.15, 0.2) is 0 Å². The van der Waals surface area contributed by atoms with E-state index >= 15 is 0 Å². The lowest BCUT2D eigenvalue weighted by atomic mass is 10.1. The van der Waals surface area contributed by atoms with Gasteiger partial charge in [0, 0.05) is 18.3 Å². The van der Waals surface area contributed by atoms with Crippen molar-refractivity contribution in [3.8, 4) is 0 Å². The number of para-hydroxylation sites is 1. The lowest BCUT2D eigenvalue weighted by molar-refractivity contribution is -0.121. The maximum Gasteiger partial charge on any atom is 0.318 e. The van der Waals surface area contributed by atoms with Crippen LogP contribution in [0.25, 0.3) is 0 Å². The second-order valence-electron chi connectivity index (χ2n) is 4.75. The third kappa shape index (κ3) is 3.96. The fraction of sp³-hybridized carbons (Fsp3) is 0.385. The summed E-state index contributed by atoms with van der Waals surface area (Å²) in [5, 5.41) is 2.08. The number of primary amides is 1. The van der Waals surface area contributed by atoms with Gasteiger partial charge in [-0.3, -0.25) is 15.0 Å². The lowest BCUT2D eigenvalue weighted by Gasteiger charge is -2.21. The van der Waals surface area contributed by atoms with Crippen LogP contribution in [-0.2, 0) is 11.3 Å². The molecule has 1 aromatic carbocycles. The second-order valence-corrected chi connectivity index (χ2v) is 4.75. The molecule has 1 saturated carbocycles. The van der Waals surface area contributed by atoms with Crippen LogP contribution in [0.2, 0.25) is 0 Å². The van der Waals surface area contributed by atoms with Gasteiger partial charge in [0.05, 0.1) is 6.54 Å². The summed E-state index contributed by atoms with van der Waals surface area (Å²) >= 11 is 0. The summed E-state index contributed by atoms with van der Waals surface area (Å²) in [5.41, 5.74) is 12.5. The Morgan fingerprint density at radius 3 is 2.58 bits per heavy atom. The standard InChI is InChI=1S/C13H18N4O2/c14-11-4-2-1-3-9(11)7-17(10-5-6-10)8-12(18)16-13(15)19/h1-4,10H,5-8,14H2,(H3,15,16,18,19). The van der Waals surface area contributed by atoms with Gasteiger partial charge in [-0.1, -0.05) is 18.2 Å². The van der Waals surface area contributed by atoms with E-state index in [1.165, 1.54) is 0 Å². The third-order valence-corrected chi connectivity index (χ3v) is 3.10. The lowest BCUT2D eigenvalue weighted by Crippen LogP contribution is -2.42. The third-order valence-electron chi connectivity index (χ3n) is 3.10. The van der Waals surface area contributed by atoms with Gasteiger partial charge in [-0.15, -0.1) is 0 Å². The van der Waals surface area contributed by atoms with E-state index in [4.69, 9.17) is 11.5 Å². The summed E-state index contributed by atoms with van der Waals surface area (Å²) < 4.78 is 0. The number of hydrogen-bond acceptors (Lipinski definition) is 4. The molecule has 19 heavy (non-hydrogen) atoms. The van der Waals surface area contributed by atoms with E-state index in [2.05, 4.69) is 5.32 Å². The molecule has 0 heterocycles. The van der Waals surface area contributed by atoms with Crippen LogP contribution in [0.15, 0.2) is 24.3 Å². The van der Waals surface area contributed by atoms with Crippen molar-refractivity contribution in [2.24, 2.45) is 5.73 Å². The first kappa shape index (κ1) is 13.4. The molecule has 1 aromatic rings. The second kappa shape index (κ2) is 5.71. The van der Waals surface area contributed by atoms with Crippen molar-refractivity contribution in [3.05, 3.63) is 29.8 Å². The highest BCUT2D eigenvalue weighted by Crippen LogP contribution is 2.28. The first-order valence-electron chi connectivity index (χ1n) is 6.23. The molecule has 6 nitrogen and oxygen atoms in total. The van der Waals surface area contributed by atoms with Crippen LogP contribution in [0.1, 0.15) is 18.4 Å². The average molecular weight is 262 g/mol. The minimum absolute atomic E-state index is 0.155. The molecule has 0 bridgehead atoms. The molecule has 0 spiro atoms. The van der Waals surface area contributed by atoms with Crippen molar-refractivity contribution in [2.45, 2.75) is 25.4 Å².